The molecule has 0 bridgehead atoms. The molecule has 7 heteroatoms. The van der Waals surface area contributed by atoms with Crippen LogP contribution in [0.1, 0.15) is 28.9 Å². The van der Waals surface area contributed by atoms with Gasteiger partial charge in [-0.25, -0.2) is 9.50 Å². The highest BCUT2D eigenvalue weighted by Gasteiger charge is 2.24. The van der Waals surface area contributed by atoms with Gasteiger partial charge in [0.15, 0.2) is 5.65 Å². The summed E-state index contributed by atoms with van der Waals surface area (Å²) in [5, 5.41) is 8.62. The van der Waals surface area contributed by atoms with Crippen molar-refractivity contribution in [3.05, 3.63) is 113 Å². The van der Waals surface area contributed by atoms with Gasteiger partial charge in [-0.05, 0) is 30.5 Å². The zero-order valence-electron chi connectivity index (χ0n) is 20.9. The van der Waals surface area contributed by atoms with Crippen LogP contribution in [0.25, 0.3) is 28.2 Å². The summed E-state index contributed by atoms with van der Waals surface area (Å²) < 4.78 is 1.64. The number of hydrogen-bond acceptors (Lipinski definition) is 4. The van der Waals surface area contributed by atoms with Crippen molar-refractivity contribution in [2.24, 2.45) is 0 Å². The van der Waals surface area contributed by atoms with E-state index >= 15 is 0 Å². The van der Waals surface area contributed by atoms with Crippen LogP contribution in [-0.2, 0) is 6.54 Å². The summed E-state index contributed by atoms with van der Waals surface area (Å²) in [5.74, 6) is -0.157. The first-order chi connectivity index (χ1) is 18.6. The molecular formula is C31H28ClN5O. The Hall–Kier alpha value is -4.00. The smallest absolute Gasteiger partial charge is 0.270 e. The highest BCUT2D eigenvalue weighted by Crippen LogP contribution is 2.29. The number of benzene rings is 3. The number of aromatic nitrogens is 3. The van der Waals surface area contributed by atoms with E-state index in [9.17, 15) is 4.79 Å². The average Bonchev–Trinajstić information content (AvgIpc) is 3.39. The Kier molecular flexibility index (Phi) is 6.90. The van der Waals surface area contributed by atoms with Crippen LogP contribution < -0.4 is 5.32 Å². The molecule has 1 amide bonds. The molecule has 38 heavy (non-hydrogen) atoms. The number of carbonyl (C=O) groups excluding carboxylic acids is 1. The summed E-state index contributed by atoms with van der Waals surface area (Å²) in [6, 6.07) is 31.8. The van der Waals surface area contributed by atoms with Crippen LogP contribution in [-0.4, -0.2) is 44.5 Å². The van der Waals surface area contributed by atoms with Crippen molar-refractivity contribution < 1.29 is 4.79 Å². The van der Waals surface area contributed by atoms with E-state index in [1.807, 2.05) is 66.7 Å². The highest BCUT2D eigenvalue weighted by molar-refractivity contribution is 6.33. The molecule has 0 unspecified atom stereocenters. The third-order valence-corrected chi connectivity index (χ3v) is 7.38. The number of piperidine rings is 1. The molecule has 0 atom stereocenters. The molecule has 1 fully saturated rings. The van der Waals surface area contributed by atoms with E-state index in [4.69, 9.17) is 21.7 Å². The lowest BCUT2D eigenvalue weighted by molar-refractivity contribution is 0.0901. The lowest BCUT2D eigenvalue weighted by Crippen LogP contribution is -2.44. The predicted molar refractivity (Wildman–Crippen MR) is 151 cm³/mol. The van der Waals surface area contributed by atoms with Gasteiger partial charge in [0, 0.05) is 47.9 Å². The van der Waals surface area contributed by atoms with Crippen molar-refractivity contribution >= 4 is 23.2 Å². The Morgan fingerprint density at radius 3 is 2.29 bits per heavy atom. The first-order valence-corrected chi connectivity index (χ1v) is 13.3. The Morgan fingerprint density at radius 1 is 0.868 bits per heavy atom. The quantitative estimate of drug-likeness (QED) is 0.293. The molecule has 1 N–H and O–H groups in total. The molecule has 2 aromatic heterocycles. The number of nitrogens with one attached hydrogen (secondary N) is 1. The van der Waals surface area contributed by atoms with Crippen LogP contribution in [0.2, 0.25) is 5.02 Å². The Balaban J connectivity index is 1.27. The highest BCUT2D eigenvalue weighted by atomic mass is 35.5. The zero-order chi connectivity index (χ0) is 25.9. The minimum absolute atomic E-state index is 0.102. The second-order valence-electron chi connectivity index (χ2n) is 9.68. The molecule has 0 spiro atoms. The van der Waals surface area contributed by atoms with Gasteiger partial charge in [-0.1, -0.05) is 90.5 Å². The molecule has 3 aromatic carbocycles. The molecule has 190 valence electrons. The van der Waals surface area contributed by atoms with Crippen molar-refractivity contribution in [2.45, 2.75) is 25.4 Å². The van der Waals surface area contributed by atoms with E-state index < -0.39 is 0 Å². The van der Waals surface area contributed by atoms with Crippen molar-refractivity contribution in [3.63, 3.8) is 0 Å². The summed E-state index contributed by atoms with van der Waals surface area (Å²) in [5.41, 5.74) is 5.51. The van der Waals surface area contributed by atoms with Crippen LogP contribution in [0.3, 0.4) is 0 Å². The fourth-order valence-corrected chi connectivity index (χ4v) is 5.26. The van der Waals surface area contributed by atoms with Crippen LogP contribution >= 0.6 is 11.6 Å². The molecule has 1 aliphatic heterocycles. The maximum Gasteiger partial charge on any atom is 0.270 e. The van der Waals surface area contributed by atoms with Gasteiger partial charge in [0.05, 0.1) is 11.4 Å². The molecule has 6 nitrogen and oxygen atoms in total. The van der Waals surface area contributed by atoms with Crippen LogP contribution in [0.5, 0.6) is 0 Å². The fraction of sp³-hybridized carbons (Fsp3) is 0.194. The number of rotatable bonds is 6. The van der Waals surface area contributed by atoms with Gasteiger partial charge in [-0.3, -0.25) is 9.69 Å². The molecule has 0 aliphatic carbocycles. The van der Waals surface area contributed by atoms with Gasteiger partial charge >= 0.3 is 0 Å². The summed E-state index contributed by atoms with van der Waals surface area (Å²) in [4.78, 5) is 20.9. The lowest BCUT2D eigenvalue weighted by Gasteiger charge is -2.32. The molecule has 1 aliphatic rings. The minimum atomic E-state index is -0.157. The van der Waals surface area contributed by atoms with Gasteiger partial charge in [0.1, 0.15) is 5.69 Å². The SMILES string of the molecule is O=C(NC1CCN(Cc2ccccc2)CC1)c1cc(-c2ccccc2Cl)nc2cc(-c3ccccc3)nn12. The van der Waals surface area contributed by atoms with E-state index in [2.05, 4.69) is 34.5 Å². The van der Waals surface area contributed by atoms with Crippen LogP contribution in [0.15, 0.2) is 97.1 Å². The van der Waals surface area contributed by atoms with Crippen molar-refractivity contribution in [1.82, 2.24) is 24.8 Å². The normalized spacial score (nSPS) is 14.6. The molecular weight excluding hydrogens is 494 g/mol. The Bertz CT molecular complexity index is 1560. The second-order valence-corrected chi connectivity index (χ2v) is 10.1. The molecule has 6 rings (SSSR count). The van der Waals surface area contributed by atoms with Crippen LogP contribution in [0, 0.1) is 0 Å². The summed E-state index contributed by atoms with van der Waals surface area (Å²) in [7, 11) is 0. The summed E-state index contributed by atoms with van der Waals surface area (Å²) >= 11 is 6.50. The third kappa shape index (κ3) is 5.19. The van der Waals surface area contributed by atoms with E-state index in [1.54, 1.807) is 10.6 Å². The molecule has 3 heterocycles. The maximum absolute atomic E-state index is 13.7. The number of nitrogens with zero attached hydrogens (tertiary/aromatic N) is 4. The zero-order valence-corrected chi connectivity index (χ0v) is 21.7. The first-order valence-electron chi connectivity index (χ1n) is 12.9. The summed E-state index contributed by atoms with van der Waals surface area (Å²) in [6.07, 6.45) is 1.80. The third-order valence-electron chi connectivity index (χ3n) is 7.05. The average molecular weight is 522 g/mol. The van der Waals surface area contributed by atoms with E-state index in [0.717, 1.165) is 49.3 Å². The van der Waals surface area contributed by atoms with Crippen molar-refractivity contribution in [2.75, 3.05) is 13.1 Å². The van der Waals surface area contributed by atoms with Crippen molar-refractivity contribution in [1.29, 1.82) is 0 Å². The number of fused-ring (bicyclic) bond motifs is 1. The lowest BCUT2D eigenvalue weighted by atomic mass is 10.0. The number of carbonyl (C=O) groups is 1. The van der Waals surface area contributed by atoms with Gasteiger partial charge < -0.3 is 5.32 Å². The van der Waals surface area contributed by atoms with Gasteiger partial charge in [0.25, 0.3) is 5.91 Å². The predicted octanol–water partition coefficient (Wildman–Crippen LogP) is 6.11. The molecule has 5 aromatic rings. The number of hydrogen-bond donors (Lipinski definition) is 1. The van der Waals surface area contributed by atoms with Crippen LogP contribution in [0.4, 0.5) is 0 Å². The number of amides is 1. The molecule has 0 saturated carbocycles. The van der Waals surface area contributed by atoms with Gasteiger partial charge in [-0.2, -0.15) is 5.10 Å². The monoisotopic (exact) mass is 521 g/mol. The first kappa shape index (κ1) is 24.3. The standard InChI is InChI=1S/C31H28ClN5O/c32-26-14-8-7-13-25(26)28-19-29(37-30(34-28)20-27(35-37)23-11-5-2-6-12-23)31(38)33-24-15-17-36(18-16-24)21-22-9-3-1-4-10-22/h1-14,19-20,24H,15-18,21H2,(H,33,38). The van der Waals surface area contributed by atoms with E-state index in [1.165, 1.54) is 5.56 Å². The minimum Gasteiger partial charge on any atom is -0.348 e. The largest absolute Gasteiger partial charge is 0.348 e. The van der Waals surface area contributed by atoms with E-state index in [-0.39, 0.29) is 11.9 Å². The van der Waals surface area contributed by atoms with E-state index in [0.29, 0.717) is 22.1 Å². The number of halogens is 1. The van der Waals surface area contributed by atoms with Crippen molar-refractivity contribution in [3.8, 4) is 22.5 Å². The van der Waals surface area contributed by atoms with Gasteiger partial charge in [-0.15, -0.1) is 0 Å². The Labute approximate surface area is 226 Å². The molecule has 1 saturated heterocycles. The maximum atomic E-state index is 13.7. The topological polar surface area (TPSA) is 62.5 Å². The van der Waals surface area contributed by atoms with Gasteiger partial charge in [0.2, 0.25) is 0 Å². The Morgan fingerprint density at radius 2 is 1.55 bits per heavy atom. The second kappa shape index (κ2) is 10.8. The summed E-state index contributed by atoms with van der Waals surface area (Å²) in [6.45, 7) is 2.82. The number of likely N-dealkylation sites (tertiary alicyclic amines) is 1. The fourth-order valence-electron chi connectivity index (χ4n) is 5.03. The molecule has 0 radical (unpaired) electrons.